The van der Waals surface area contributed by atoms with Gasteiger partial charge in [0.25, 0.3) is 0 Å². The van der Waals surface area contributed by atoms with Gasteiger partial charge in [0.1, 0.15) is 5.69 Å². The van der Waals surface area contributed by atoms with E-state index >= 15 is 0 Å². The summed E-state index contributed by atoms with van der Waals surface area (Å²) in [5.74, 6) is 0.185. The van der Waals surface area contributed by atoms with Gasteiger partial charge < -0.3 is 10.3 Å². The van der Waals surface area contributed by atoms with Crippen molar-refractivity contribution >= 4 is 23.3 Å². The van der Waals surface area contributed by atoms with Crippen LogP contribution in [-0.4, -0.2) is 11.1 Å². The molecular formula is C10H8N2O2S. The van der Waals surface area contributed by atoms with E-state index in [4.69, 9.17) is 10.3 Å². The number of carbonyl (C=O) groups excluding carboxylic acids is 1. The highest BCUT2D eigenvalue weighted by Gasteiger charge is 2.05. The molecule has 2 aromatic rings. The van der Waals surface area contributed by atoms with Crippen LogP contribution < -0.4 is 5.73 Å². The maximum absolute atomic E-state index is 10.5. The van der Waals surface area contributed by atoms with E-state index in [9.17, 15) is 4.79 Å². The first-order chi connectivity index (χ1) is 7.25. The van der Waals surface area contributed by atoms with Gasteiger partial charge in [-0.3, -0.25) is 4.79 Å². The van der Waals surface area contributed by atoms with E-state index in [1.807, 2.05) is 17.5 Å². The highest BCUT2D eigenvalue weighted by atomic mass is 32.1. The van der Waals surface area contributed by atoms with Crippen molar-refractivity contribution in [3.63, 3.8) is 0 Å². The highest BCUT2D eigenvalue weighted by molar-refractivity contribution is 7.13. The van der Waals surface area contributed by atoms with Gasteiger partial charge in [-0.05, 0) is 17.5 Å². The Bertz CT molecular complexity index is 485. The van der Waals surface area contributed by atoms with Gasteiger partial charge >= 0.3 is 0 Å². The monoisotopic (exact) mass is 220 g/mol. The standard InChI is InChI=1S/C10H8N2O2S/c11-10(13)4-3-7-6-8(14-12-7)9-2-1-5-15-9/h1-6H,(H2,11,13)/b4-3-. The first-order valence-electron chi connectivity index (χ1n) is 4.24. The van der Waals surface area contributed by atoms with Gasteiger partial charge in [-0.1, -0.05) is 11.2 Å². The molecule has 76 valence electrons. The number of rotatable bonds is 3. The molecule has 5 heteroatoms. The van der Waals surface area contributed by atoms with Crippen LogP contribution in [0.5, 0.6) is 0 Å². The lowest BCUT2D eigenvalue weighted by molar-refractivity contribution is -0.113. The summed E-state index contributed by atoms with van der Waals surface area (Å²) in [6, 6.07) is 5.62. The maximum Gasteiger partial charge on any atom is 0.241 e. The van der Waals surface area contributed by atoms with E-state index in [1.54, 1.807) is 17.4 Å². The summed E-state index contributed by atoms with van der Waals surface area (Å²) < 4.78 is 5.10. The third kappa shape index (κ3) is 2.32. The second-order valence-corrected chi connectivity index (χ2v) is 3.78. The van der Waals surface area contributed by atoms with Gasteiger partial charge in [-0.15, -0.1) is 11.3 Å². The summed E-state index contributed by atoms with van der Waals surface area (Å²) in [5, 5.41) is 5.74. The number of carbonyl (C=O) groups is 1. The minimum absolute atomic E-state index is 0.504. The van der Waals surface area contributed by atoms with Gasteiger partial charge in [0.05, 0.1) is 4.88 Å². The van der Waals surface area contributed by atoms with Gasteiger partial charge in [0.15, 0.2) is 5.76 Å². The van der Waals surface area contributed by atoms with Gasteiger partial charge in [0, 0.05) is 12.1 Å². The van der Waals surface area contributed by atoms with E-state index in [0.717, 1.165) is 4.88 Å². The first-order valence-corrected chi connectivity index (χ1v) is 5.12. The Morgan fingerprint density at radius 1 is 1.60 bits per heavy atom. The van der Waals surface area contributed by atoms with Crippen LogP contribution in [0.2, 0.25) is 0 Å². The molecule has 2 heterocycles. The molecule has 0 atom stereocenters. The van der Waals surface area contributed by atoms with Crippen LogP contribution in [0.15, 0.2) is 34.2 Å². The number of amides is 1. The molecule has 15 heavy (non-hydrogen) atoms. The molecule has 4 nitrogen and oxygen atoms in total. The number of thiophene rings is 1. The largest absolute Gasteiger partial charge is 0.366 e. The molecule has 0 spiro atoms. The summed E-state index contributed by atoms with van der Waals surface area (Å²) in [6.45, 7) is 0. The fourth-order valence-corrected chi connectivity index (χ4v) is 1.74. The number of hydrogen-bond donors (Lipinski definition) is 1. The van der Waals surface area contributed by atoms with Crippen LogP contribution in [-0.2, 0) is 4.79 Å². The van der Waals surface area contributed by atoms with Crippen LogP contribution in [0, 0.1) is 0 Å². The van der Waals surface area contributed by atoms with Crippen LogP contribution in [0.25, 0.3) is 16.7 Å². The average molecular weight is 220 g/mol. The minimum Gasteiger partial charge on any atom is -0.366 e. The lowest BCUT2D eigenvalue weighted by Crippen LogP contribution is -2.05. The topological polar surface area (TPSA) is 69.1 Å². The summed E-state index contributed by atoms with van der Waals surface area (Å²) >= 11 is 1.56. The molecule has 2 rings (SSSR count). The number of nitrogens with zero attached hydrogens (tertiary/aromatic N) is 1. The van der Waals surface area contributed by atoms with Crippen molar-refractivity contribution in [3.05, 3.63) is 35.3 Å². The molecular weight excluding hydrogens is 212 g/mol. The van der Waals surface area contributed by atoms with Crippen molar-refractivity contribution in [1.82, 2.24) is 5.16 Å². The van der Waals surface area contributed by atoms with Crippen LogP contribution >= 0.6 is 11.3 Å². The normalized spacial score (nSPS) is 10.9. The molecule has 1 amide bonds. The third-order valence-electron chi connectivity index (χ3n) is 1.71. The summed E-state index contributed by atoms with van der Waals surface area (Å²) in [4.78, 5) is 11.5. The Balaban J connectivity index is 2.21. The molecule has 0 aromatic carbocycles. The fraction of sp³-hybridized carbons (Fsp3) is 0. The van der Waals surface area contributed by atoms with E-state index in [0.29, 0.717) is 11.5 Å². The van der Waals surface area contributed by atoms with Crippen molar-refractivity contribution in [2.45, 2.75) is 0 Å². The van der Waals surface area contributed by atoms with Crippen LogP contribution in [0.1, 0.15) is 5.69 Å². The smallest absolute Gasteiger partial charge is 0.241 e. The number of primary amides is 1. The van der Waals surface area contributed by atoms with Gasteiger partial charge in [-0.25, -0.2) is 0 Å². The predicted octanol–water partition coefficient (Wildman–Crippen LogP) is 1.90. The summed E-state index contributed by atoms with van der Waals surface area (Å²) in [5.41, 5.74) is 5.54. The van der Waals surface area contributed by atoms with E-state index in [-0.39, 0.29) is 0 Å². The first kappa shape index (κ1) is 9.67. The Hall–Kier alpha value is -1.88. The Morgan fingerprint density at radius 2 is 2.47 bits per heavy atom. The minimum atomic E-state index is -0.504. The summed E-state index contributed by atoms with van der Waals surface area (Å²) in [6.07, 6.45) is 2.76. The van der Waals surface area contributed by atoms with Crippen molar-refractivity contribution in [2.24, 2.45) is 5.73 Å². The third-order valence-corrected chi connectivity index (χ3v) is 2.60. The maximum atomic E-state index is 10.5. The highest BCUT2D eigenvalue weighted by Crippen LogP contribution is 2.25. The van der Waals surface area contributed by atoms with Crippen molar-refractivity contribution in [1.29, 1.82) is 0 Å². The fourth-order valence-electron chi connectivity index (χ4n) is 1.07. The molecule has 0 aliphatic rings. The Labute approximate surface area is 90.0 Å². The zero-order valence-electron chi connectivity index (χ0n) is 7.71. The second kappa shape index (κ2) is 4.10. The van der Waals surface area contributed by atoms with Crippen LogP contribution in [0.3, 0.4) is 0 Å². The molecule has 0 bridgehead atoms. The molecule has 2 aromatic heterocycles. The zero-order chi connectivity index (χ0) is 10.7. The number of aromatic nitrogens is 1. The molecule has 0 saturated carbocycles. The molecule has 0 radical (unpaired) electrons. The Morgan fingerprint density at radius 3 is 3.13 bits per heavy atom. The summed E-state index contributed by atoms with van der Waals surface area (Å²) in [7, 11) is 0. The predicted molar refractivity (Wildman–Crippen MR) is 58.0 cm³/mol. The van der Waals surface area contributed by atoms with Crippen molar-refractivity contribution < 1.29 is 9.32 Å². The molecule has 0 aliphatic carbocycles. The average Bonchev–Trinajstić information content (AvgIpc) is 2.85. The van der Waals surface area contributed by atoms with E-state index in [1.165, 1.54) is 12.2 Å². The van der Waals surface area contributed by atoms with E-state index < -0.39 is 5.91 Å². The lowest BCUT2D eigenvalue weighted by Gasteiger charge is -1.82. The SMILES string of the molecule is NC(=O)/C=C\c1cc(-c2cccs2)on1. The number of hydrogen-bond acceptors (Lipinski definition) is 4. The zero-order valence-corrected chi connectivity index (χ0v) is 8.53. The quantitative estimate of drug-likeness (QED) is 0.803. The second-order valence-electron chi connectivity index (χ2n) is 2.83. The molecule has 0 aliphatic heterocycles. The van der Waals surface area contributed by atoms with Gasteiger partial charge in [-0.2, -0.15) is 0 Å². The van der Waals surface area contributed by atoms with Crippen molar-refractivity contribution in [2.75, 3.05) is 0 Å². The molecule has 2 N–H and O–H groups in total. The van der Waals surface area contributed by atoms with Crippen molar-refractivity contribution in [3.8, 4) is 10.6 Å². The van der Waals surface area contributed by atoms with Crippen LogP contribution in [0.4, 0.5) is 0 Å². The van der Waals surface area contributed by atoms with E-state index in [2.05, 4.69) is 5.16 Å². The van der Waals surface area contributed by atoms with Gasteiger partial charge in [0.2, 0.25) is 5.91 Å². The number of nitrogens with two attached hydrogens (primary N) is 1. The molecule has 0 fully saturated rings. The molecule has 0 saturated heterocycles. The Kier molecular flexibility index (Phi) is 2.64. The lowest BCUT2D eigenvalue weighted by atomic mass is 10.3. The molecule has 0 unspecified atom stereocenters.